The van der Waals surface area contributed by atoms with Crippen LogP contribution in [0.1, 0.15) is 78.4 Å². The molecule has 0 aliphatic carbocycles. The lowest BCUT2D eigenvalue weighted by Gasteiger charge is -2.32. The minimum atomic E-state index is 0.0172. The Balaban J connectivity index is 1.48. The van der Waals surface area contributed by atoms with Gasteiger partial charge in [0, 0.05) is 41.0 Å². The molecule has 0 radical (unpaired) electrons. The Labute approximate surface area is 226 Å². The molecule has 0 fully saturated rings. The highest BCUT2D eigenvalue weighted by molar-refractivity contribution is 5.70. The second kappa shape index (κ2) is 11.6. The molecule has 0 saturated heterocycles. The van der Waals surface area contributed by atoms with Crippen LogP contribution in [0.25, 0.3) is 0 Å². The predicted molar refractivity (Wildman–Crippen MR) is 163 cm³/mol. The Morgan fingerprint density at radius 2 is 1.30 bits per heavy atom. The molecule has 0 spiro atoms. The third-order valence-corrected chi connectivity index (χ3v) is 8.26. The summed E-state index contributed by atoms with van der Waals surface area (Å²) >= 11 is 0. The molecule has 2 heterocycles. The van der Waals surface area contributed by atoms with E-state index in [1.165, 1.54) is 53.9 Å². The second-order valence-corrected chi connectivity index (χ2v) is 11.6. The van der Waals surface area contributed by atoms with E-state index in [4.69, 9.17) is 0 Å². The van der Waals surface area contributed by atoms with Gasteiger partial charge in [0.1, 0.15) is 0 Å². The van der Waals surface area contributed by atoms with Crippen LogP contribution in [0.2, 0.25) is 0 Å². The van der Waals surface area contributed by atoms with Crippen LogP contribution in [-0.4, -0.2) is 19.1 Å². The molecule has 2 aliphatic rings. The van der Waals surface area contributed by atoms with Gasteiger partial charge in [0.05, 0.1) is 6.04 Å². The third-order valence-electron chi connectivity index (χ3n) is 8.26. The van der Waals surface area contributed by atoms with Crippen molar-refractivity contribution in [2.45, 2.75) is 84.1 Å². The molecular weight excluding hydrogens is 448 g/mol. The summed E-state index contributed by atoms with van der Waals surface area (Å²) in [7, 11) is 0. The molecule has 1 unspecified atom stereocenters. The average molecular weight is 495 g/mol. The Kier molecular flexibility index (Phi) is 8.47. The van der Waals surface area contributed by atoms with E-state index in [0.29, 0.717) is 6.04 Å². The fourth-order valence-corrected chi connectivity index (χ4v) is 6.11. The molecule has 2 aliphatic heterocycles. The van der Waals surface area contributed by atoms with Crippen LogP contribution >= 0.6 is 0 Å². The Hall–Kier alpha value is -3.00. The van der Waals surface area contributed by atoms with Crippen molar-refractivity contribution in [2.24, 2.45) is 0 Å². The van der Waals surface area contributed by atoms with Crippen molar-refractivity contribution >= 4 is 11.4 Å². The molecule has 0 bridgehead atoms. The van der Waals surface area contributed by atoms with Gasteiger partial charge in [-0.15, -0.1) is 0 Å². The standard InChI is InChI=1S/C35H46N2/c1-7-9-26-36-30-22-18-16-20-28(30)34(3,4)32(36)24-14-12-11-13-15-25-33-35(5,6)29-21-17-19-23-31(29)37(33)27-10-8-2/h11-25,32H,7-10,26-27H2,1-6H3. The van der Waals surface area contributed by atoms with Crippen molar-refractivity contribution in [1.82, 2.24) is 0 Å². The van der Waals surface area contributed by atoms with E-state index < -0.39 is 0 Å². The smallest absolute Gasteiger partial charge is 0.0568 e. The van der Waals surface area contributed by atoms with Gasteiger partial charge in [0.25, 0.3) is 0 Å². The summed E-state index contributed by atoms with van der Waals surface area (Å²) in [5, 5.41) is 0. The normalized spacial score (nSPS) is 21.1. The molecule has 37 heavy (non-hydrogen) atoms. The molecule has 2 aromatic carbocycles. The maximum absolute atomic E-state index is 2.61. The van der Waals surface area contributed by atoms with Crippen LogP contribution in [0.5, 0.6) is 0 Å². The van der Waals surface area contributed by atoms with Gasteiger partial charge in [0.15, 0.2) is 0 Å². The zero-order valence-electron chi connectivity index (χ0n) is 23.9. The number of unbranched alkanes of at least 4 members (excludes halogenated alkanes) is 2. The summed E-state index contributed by atoms with van der Waals surface area (Å²) in [6.07, 6.45) is 20.5. The lowest BCUT2D eigenvalue weighted by atomic mass is 9.80. The van der Waals surface area contributed by atoms with Gasteiger partial charge in [-0.05, 0) is 42.2 Å². The highest BCUT2D eigenvalue weighted by Crippen LogP contribution is 2.48. The van der Waals surface area contributed by atoms with Crippen LogP contribution in [0.15, 0.2) is 96.8 Å². The quantitative estimate of drug-likeness (QED) is 0.304. The maximum Gasteiger partial charge on any atom is 0.0568 e. The largest absolute Gasteiger partial charge is 0.364 e. The molecule has 0 aromatic heterocycles. The van der Waals surface area contributed by atoms with E-state index in [2.05, 4.69) is 142 Å². The van der Waals surface area contributed by atoms with Crippen molar-refractivity contribution < 1.29 is 0 Å². The molecule has 196 valence electrons. The van der Waals surface area contributed by atoms with Crippen molar-refractivity contribution in [3.63, 3.8) is 0 Å². The molecule has 2 aromatic rings. The number of fused-ring (bicyclic) bond motifs is 2. The highest BCUT2D eigenvalue weighted by atomic mass is 15.2. The topological polar surface area (TPSA) is 6.48 Å². The van der Waals surface area contributed by atoms with Gasteiger partial charge >= 0.3 is 0 Å². The predicted octanol–water partition coefficient (Wildman–Crippen LogP) is 9.10. The number of nitrogens with zero attached hydrogens (tertiary/aromatic N) is 2. The van der Waals surface area contributed by atoms with Crippen LogP contribution in [-0.2, 0) is 10.8 Å². The van der Waals surface area contributed by atoms with Crippen molar-refractivity contribution in [1.29, 1.82) is 0 Å². The second-order valence-electron chi connectivity index (χ2n) is 11.6. The fraction of sp³-hybridized carbons (Fsp3) is 0.429. The summed E-state index contributed by atoms with van der Waals surface area (Å²) in [6, 6.07) is 18.2. The lowest BCUT2D eigenvalue weighted by molar-refractivity contribution is 0.471. The highest BCUT2D eigenvalue weighted by Gasteiger charge is 2.42. The Morgan fingerprint density at radius 3 is 2.03 bits per heavy atom. The SMILES string of the molecule is CCCCN1C(=CC=CC=CC=CC2N(CCCC)c3ccccc3C2(C)C)C(C)(C)c2ccccc21. The van der Waals surface area contributed by atoms with E-state index in [0.717, 1.165) is 13.1 Å². The summed E-state index contributed by atoms with van der Waals surface area (Å²) in [5.41, 5.74) is 7.16. The average Bonchev–Trinajstić information content (AvgIpc) is 3.24. The molecule has 4 rings (SSSR count). The van der Waals surface area contributed by atoms with Gasteiger partial charge in [-0.25, -0.2) is 0 Å². The molecule has 2 heteroatoms. The summed E-state index contributed by atoms with van der Waals surface area (Å²) in [6.45, 7) is 16.2. The lowest BCUT2D eigenvalue weighted by Crippen LogP contribution is -2.40. The van der Waals surface area contributed by atoms with Gasteiger partial charge in [0.2, 0.25) is 0 Å². The van der Waals surface area contributed by atoms with Gasteiger partial charge in [-0.2, -0.15) is 0 Å². The molecule has 1 atom stereocenters. The van der Waals surface area contributed by atoms with Crippen LogP contribution in [0.3, 0.4) is 0 Å². The summed E-state index contributed by atoms with van der Waals surface area (Å²) in [4.78, 5) is 5.13. The van der Waals surface area contributed by atoms with E-state index in [9.17, 15) is 0 Å². The summed E-state index contributed by atoms with van der Waals surface area (Å²) < 4.78 is 0. The minimum Gasteiger partial charge on any atom is -0.364 e. The first-order valence-corrected chi connectivity index (χ1v) is 14.3. The van der Waals surface area contributed by atoms with Crippen LogP contribution < -0.4 is 9.80 Å². The number of allylic oxidation sites excluding steroid dienone is 7. The molecule has 0 amide bonds. The number of hydrogen-bond acceptors (Lipinski definition) is 2. The first-order valence-electron chi connectivity index (χ1n) is 14.3. The Morgan fingerprint density at radius 1 is 0.703 bits per heavy atom. The van der Waals surface area contributed by atoms with Gasteiger partial charge in [-0.1, -0.05) is 127 Å². The zero-order valence-corrected chi connectivity index (χ0v) is 23.9. The number of para-hydroxylation sites is 2. The molecular formula is C35H46N2. The van der Waals surface area contributed by atoms with Crippen LogP contribution in [0.4, 0.5) is 11.4 Å². The van der Waals surface area contributed by atoms with E-state index in [-0.39, 0.29) is 10.8 Å². The van der Waals surface area contributed by atoms with E-state index >= 15 is 0 Å². The van der Waals surface area contributed by atoms with Crippen molar-refractivity contribution in [2.75, 3.05) is 22.9 Å². The van der Waals surface area contributed by atoms with Crippen LogP contribution in [0, 0.1) is 0 Å². The fourth-order valence-electron chi connectivity index (χ4n) is 6.11. The third kappa shape index (κ3) is 5.35. The van der Waals surface area contributed by atoms with E-state index in [1.54, 1.807) is 0 Å². The van der Waals surface area contributed by atoms with Crippen molar-refractivity contribution in [3.05, 3.63) is 108 Å². The molecule has 0 N–H and O–H groups in total. The monoisotopic (exact) mass is 494 g/mol. The molecule has 2 nitrogen and oxygen atoms in total. The number of benzene rings is 2. The van der Waals surface area contributed by atoms with Gasteiger partial charge in [-0.3, -0.25) is 0 Å². The van der Waals surface area contributed by atoms with Gasteiger partial charge < -0.3 is 9.80 Å². The first kappa shape index (κ1) is 27.0. The minimum absolute atomic E-state index is 0.0172. The number of rotatable bonds is 10. The van der Waals surface area contributed by atoms with Crippen molar-refractivity contribution in [3.8, 4) is 0 Å². The zero-order chi connectivity index (χ0) is 26.5. The number of hydrogen-bond donors (Lipinski definition) is 0. The maximum atomic E-state index is 2.61. The number of anilines is 2. The summed E-state index contributed by atoms with van der Waals surface area (Å²) in [5.74, 6) is 0. The Bertz CT molecular complexity index is 1180. The van der Waals surface area contributed by atoms with E-state index in [1.807, 2.05) is 0 Å². The first-order chi connectivity index (χ1) is 17.8. The molecule has 0 saturated carbocycles.